The highest BCUT2D eigenvalue weighted by Gasteiger charge is 2.81. The van der Waals surface area contributed by atoms with Gasteiger partial charge in [0.05, 0.1) is 12.9 Å². The first-order valence-corrected chi connectivity index (χ1v) is 22.3. The number of alkyl halides is 9. The minimum atomic E-state index is -6.90. The number of esters is 1. The minimum absolute atomic E-state index is 0.0443. The van der Waals surface area contributed by atoms with Crippen LogP contribution in [0.3, 0.4) is 0 Å². The van der Waals surface area contributed by atoms with Crippen molar-refractivity contribution in [3.05, 3.63) is 78.6 Å². The third-order valence-electron chi connectivity index (χ3n) is 10.7. The molecule has 24 heteroatoms. The van der Waals surface area contributed by atoms with E-state index in [9.17, 15) is 58.4 Å². The number of fused-ring (bicyclic) bond motifs is 1. The van der Waals surface area contributed by atoms with Crippen molar-refractivity contribution >= 4 is 30.7 Å². The molecule has 5 rings (SSSR count). The summed E-state index contributed by atoms with van der Waals surface area (Å²) in [4.78, 5) is 25.0. The lowest BCUT2D eigenvalue weighted by molar-refractivity contribution is -0.396. The van der Waals surface area contributed by atoms with Crippen LogP contribution in [0.2, 0.25) is 0 Å². The Kier molecular flexibility index (Phi) is 17.1. The van der Waals surface area contributed by atoms with Crippen molar-refractivity contribution in [2.75, 3.05) is 18.9 Å². The fourth-order valence-corrected chi connectivity index (χ4v) is 8.50. The van der Waals surface area contributed by atoms with E-state index in [2.05, 4.69) is 26.0 Å². The number of hydrogen-bond acceptors (Lipinski definition) is 11. The van der Waals surface area contributed by atoms with Crippen LogP contribution in [0.5, 0.6) is 5.75 Å². The number of hydrogen-bond donors (Lipinski definition) is 3. The normalized spacial score (nSPS) is 19.6. The molecule has 0 radical (unpaired) electrons. The highest BCUT2D eigenvalue weighted by molar-refractivity contribution is 7.52. The largest absolute Gasteiger partial charge is 0.465 e. The number of carbonyl (C=O) groups is 1. The van der Waals surface area contributed by atoms with Gasteiger partial charge >= 0.3 is 43.7 Å². The first-order chi connectivity index (χ1) is 31.0. The second-order valence-electron chi connectivity index (χ2n) is 15.6. The van der Waals surface area contributed by atoms with E-state index < -0.39 is 87.2 Å². The Balaban J connectivity index is 1.14. The Morgan fingerprint density at radius 2 is 1.52 bits per heavy atom. The predicted molar refractivity (Wildman–Crippen MR) is 218 cm³/mol. The third-order valence-corrected chi connectivity index (χ3v) is 12.2. The Bertz CT molecular complexity index is 2310. The van der Waals surface area contributed by atoms with Gasteiger partial charge in [0.25, 0.3) is 0 Å². The van der Waals surface area contributed by atoms with E-state index in [0.717, 1.165) is 0 Å². The summed E-state index contributed by atoms with van der Waals surface area (Å²) in [6.45, 7) is -0.807. The maximum Gasteiger partial charge on any atom is 0.460 e. The number of para-hydroxylation sites is 1. The molecule has 0 unspecified atom stereocenters. The Hall–Kier alpha value is -5.01. The summed E-state index contributed by atoms with van der Waals surface area (Å²) in [5.74, 6) is -17.7. The molecule has 66 heavy (non-hydrogen) atoms. The molecular formula is C42H47F10N6O7P. The zero-order valence-corrected chi connectivity index (χ0v) is 35.9. The van der Waals surface area contributed by atoms with Gasteiger partial charge in [-0.05, 0) is 37.0 Å². The number of terminal acetylenes is 1. The number of rotatable bonds is 25. The van der Waals surface area contributed by atoms with Crippen LogP contribution in [0.4, 0.5) is 49.7 Å². The maximum atomic E-state index is 14.7. The number of aliphatic hydroxyl groups is 1. The number of unbranched alkanes of at least 4 members (excludes halogenated alkanes) is 8. The van der Waals surface area contributed by atoms with Crippen LogP contribution in [-0.4, -0.2) is 85.5 Å². The van der Waals surface area contributed by atoms with Crippen LogP contribution >= 0.6 is 7.75 Å². The number of nitrogens with zero attached hydrogens (tertiary/aromatic N) is 4. The molecule has 1 aliphatic rings. The number of ether oxygens (including phenoxy) is 2. The highest BCUT2D eigenvalue weighted by Crippen LogP contribution is 2.54. The van der Waals surface area contributed by atoms with Crippen molar-refractivity contribution in [2.24, 2.45) is 0 Å². The van der Waals surface area contributed by atoms with Gasteiger partial charge in [-0.25, -0.2) is 9.55 Å². The van der Waals surface area contributed by atoms with Gasteiger partial charge in [0.1, 0.15) is 30.7 Å². The van der Waals surface area contributed by atoms with E-state index in [1.54, 1.807) is 48.5 Å². The van der Waals surface area contributed by atoms with Crippen molar-refractivity contribution in [3.8, 4) is 18.1 Å². The maximum absolute atomic E-state index is 14.7. The fourth-order valence-electron chi connectivity index (χ4n) is 6.98. The SMILES string of the molecule is C#C[C@]1(CO[P@](=O)(N[C@@H](Cc2ccccc2)C(=O)OCCCCCCCCCCCC(F)(F)C(F)(F)C(F)(F)C(F)(F)F)Oc2ccccc2)O[C@@H](n2cnc3c(N)nc(F)nc32)C[C@@H]1O. The van der Waals surface area contributed by atoms with E-state index in [-0.39, 0.29) is 55.0 Å². The van der Waals surface area contributed by atoms with Crippen LogP contribution in [0, 0.1) is 18.4 Å². The number of nitrogens with one attached hydrogen (secondary N) is 1. The first kappa shape index (κ1) is 52.0. The van der Waals surface area contributed by atoms with Gasteiger partial charge in [0.15, 0.2) is 22.6 Å². The molecule has 0 bridgehead atoms. The van der Waals surface area contributed by atoms with Gasteiger partial charge < -0.3 is 24.8 Å². The number of aliphatic hydroxyl groups excluding tert-OH is 1. The summed E-state index contributed by atoms with van der Waals surface area (Å²) in [6, 6.07) is 15.1. The Labute approximate surface area is 372 Å². The van der Waals surface area contributed by atoms with Crippen molar-refractivity contribution in [1.29, 1.82) is 0 Å². The molecule has 4 N–H and O–H groups in total. The molecule has 3 heterocycles. The standard InChI is InChI=1S/C42H47F10N6O7P/c1-2-38(31(59)25-32(64-38)58-27-54-33-34(53)55-37(43)56-35(33)58)26-63-66(61,65-29-20-14-11-15-21-29)57-30(24-28-18-12-10-13-19-28)36(60)62-23-17-9-7-5-3-4-6-8-16-22-39(44,45)40(46,47)41(48,49)42(50,51)52/h1,10-15,18-21,27,30-32,59H,3-9,16-17,22-26H2,(H,57,61)(H2,53,55,56)/t30-,31-,32+,38+,66+/m0/s1. The number of nitrogen functional groups attached to an aromatic ring is 1. The van der Waals surface area contributed by atoms with Gasteiger partial charge in [-0.3, -0.25) is 13.9 Å². The van der Waals surface area contributed by atoms with E-state index in [1.807, 2.05) is 0 Å². The molecule has 362 valence electrons. The molecule has 1 aliphatic heterocycles. The molecule has 0 amide bonds. The summed E-state index contributed by atoms with van der Waals surface area (Å²) < 4.78 is 171. The van der Waals surface area contributed by atoms with Crippen molar-refractivity contribution in [3.63, 3.8) is 0 Å². The van der Waals surface area contributed by atoms with Gasteiger partial charge in [-0.2, -0.15) is 59.0 Å². The number of aromatic nitrogens is 4. The smallest absolute Gasteiger partial charge is 0.460 e. The average Bonchev–Trinajstić information content (AvgIpc) is 3.84. The first-order valence-electron chi connectivity index (χ1n) is 20.7. The molecule has 0 spiro atoms. The lowest BCUT2D eigenvalue weighted by Crippen LogP contribution is -2.60. The second kappa shape index (κ2) is 21.7. The van der Waals surface area contributed by atoms with Gasteiger partial charge in [-0.1, -0.05) is 99.4 Å². The number of carbonyl (C=O) groups excluding carboxylic acids is 1. The molecule has 4 aromatic rings. The van der Waals surface area contributed by atoms with Crippen molar-refractivity contribution < 1.29 is 76.9 Å². The van der Waals surface area contributed by atoms with E-state index >= 15 is 0 Å². The minimum Gasteiger partial charge on any atom is -0.465 e. The van der Waals surface area contributed by atoms with E-state index in [1.165, 1.54) is 23.0 Å². The second-order valence-corrected chi connectivity index (χ2v) is 17.3. The molecule has 13 nitrogen and oxygen atoms in total. The number of benzene rings is 2. The van der Waals surface area contributed by atoms with Crippen molar-refractivity contribution in [2.45, 2.75) is 125 Å². The van der Waals surface area contributed by atoms with Gasteiger partial charge in [0.2, 0.25) is 0 Å². The number of nitrogens with two attached hydrogens (primary N) is 1. The molecule has 2 aromatic heterocycles. The summed E-state index contributed by atoms with van der Waals surface area (Å²) in [6.07, 6.45) is -2.70. The molecule has 1 fully saturated rings. The van der Waals surface area contributed by atoms with Crippen LogP contribution in [0.15, 0.2) is 67.0 Å². The third kappa shape index (κ3) is 12.5. The number of anilines is 1. The average molecular weight is 969 g/mol. The van der Waals surface area contributed by atoms with E-state index in [0.29, 0.717) is 44.1 Å². The predicted octanol–water partition coefficient (Wildman–Crippen LogP) is 9.52. The van der Waals surface area contributed by atoms with Crippen LogP contribution in [0.1, 0.15) is 82.4 Å². The summed E-state index contributed by atoms with van der Waals surface area (Å²) in [7, 11) is -4.64. The molecule has 0 saturated carbocycles. The summed E-state index contributed by atoms with van der Waals surface area (Å²) in [5, 5.41) is 13.9. The van der Waals surface area contributed by atoms with Crippen LogP contribution in [-0.2, 0) is 29.8 Å². The lowest BCUT2D eigenvalue weighted by atomic mass is 9.97. The monoisotopic (exact) mass is 968 g/mol. The molecule has 1 saturated heterocycles. The zero-order chi connectivity index (χ0) is 48.4. The fraction of sp³-hybridized carbons (Fsp3) is 0.524. The summed E-state index contributed by atoms with van der Waals surface area (Å²) in [5.41, 5.74) is 4.49. The van der Waals surface area contributed by atoms with Gasteiger partial charge in [0, 0.05) is 12.8 Å². The van der Waals surface area contributed by atoms with E-state index in [4.69, 9.17) is 30.7 Å². The number of halogens is 10. The van der Waals surface area contributed by atoms with Crippen molar-refractivity contribution in [1.82, 2.24) is 24.6 Å². The highest BCUT2D eigenvalue weighted by atomic mass is 31.2. The quantitative estimate of drug-likeness (QED) is 0.0144. The topological polar surface area (TPSA) is 173 Å². The molecule has 0 aliphatic carbocycles. The number of imidazole rings is 1. The van der Waals surface area contributed by atoms with Gasteiger partial charge in [-0.15, -0.1) is 6.42 Å². The van der Waals surface area contributed by atoms with Crippen LogP contribution < -0.4 is 15.3 Å². The summed E-state index contributed by atoms with van der Waals surface area (Å²) >= 11 is 0. The van der Waals surface area contributed by atoms with Crippen LogP contribution in [0.25, 0.3) is 11.2 Å². The molecule has 2 aromatic carbocycles. The zero-order valence-electron chi connectivity index (χ0n) is 35.0. The molecule has 5 atom stereocenters. The molecular weight excluding hydrogens is 921 g/mol. The lowest BCUT2D eigenvalue weighted by Gasteiger charge is -2.33. The Morgan fingerprint density at radius 3 is 2.12 bits per heavy atom. The Morgan fingerprint density at radius 1 is 0.924 bits per heavy atom.